The number of rotatable bonds is 4. The van der Waals surface area contributed by atoms with Crippen molar-refractivity contribution in [3.8, 4) is 0 Å². The maximum atomic E-state index is 11.9. The topological polar surface area (TPSA) is 61.8 Å². The first-order valence-electron chi connectivity index (χ1n) is 7.74. The molecule has 0 spiro atoms. The van der Waals surface area contributed by atoms with Crippen molar-refractivity contribution in [3.63, 3.8) is 0 Å². The van der Waals surface area contributed by atoms with Crippen molar-refractivity contribution in [2.75, 3.05) is 19.6 Å². The zero-order valence-corrected chi connectivity index (χ0v) is 12.9. The monoisotopic (exact) mass is 284 g/mol. The number of piperidine rings is 1. The number of aliphatic hydroxyl groups is 1. The molecule has 2 aliphatic rings. The molecule has 0 radical (unpaired) electrons. The molecular weight excluding hydrogens is 256 g/mol. The lowest BCUT2D eigenvalue weighted by atomic mass is 10.0. The van der Waals surface area contributed by atoms with Gasteiger partial charge >= 0.3 is 6.09 Å². The van der Waals surface area contributed by atoms with Crippen LogP contribution in [-0.4, -0.2) is 53.5 Å². The van der Waals surface area contributed by atoms with Gasteiger partial charge in [-0.3, -0.25) is 0 Å². The quantitative estimate of drug-likeness (QED) is 0.825. The third kappa shape index (κ3) is 4.94. The molecule has 2 rings (SSSR count). The number of likely N-dealkylation sites (tertiary alicyclic amines) is 1. The molecule has 0 aromatic heterocycles. The summed E-state index contributed by atoms with van der Waals surface area (Å²) in [6.45, 7) is 7.80. The summed E-state index contributed by atoms with van der Waals surface area (Å²) in [7, 11) is 0. The van der Waals surface area contributed by atoms with Crippen molar-refractivity contribution in [1.82, 2.24) is 10.2 Å². The van der Waals surface area contributed by atoms with Gasteiger partial charge in [-0.05, 0) is 52.4 Å². The van der Waals surface area contributed by atoms with Gasteiger partial charge in [-0.1, -0.05) is 0 Å². The normalized spacial score (nSPS) is 22.7. The summed E-state index contributed by atoms with van der Waals surface area (Å²) in [5.74, 6) is 0.518. The molecule has 116 valence electrons. The van der Waals surface area contributed by atoms with E-state index in [1.807, 2.05) is 20.8 Å². The van der Waals surface area contributed by atoms with Crippen LogP contribution in [0.15, 0.2) is 0 Å². The van der Waals surface area contributed by atoms with Crippen molar-refractivity contribution in [3.05, 3.63) is 0 Å². The van der Waals surface area contributed by atoms with Gasteiger partial charge in [0.15, 0.2) is 0 Å². The number of nitrogens with one attached hydrogen (secondary N) is 1. The predicted molar refractivity (Wildman–Crippen MR) is 77.6 cm³/mol. The van der Waals surface area contributed by atoms with Crippen LogP contribution in [0, 0.1) is 5.92 Å². The average Bonchev–Trinajstić information content (AvgIpc) is 3.18. The van der Waals surface area contributed by atoms with Crippen LogP contribution in [0.2, 0.25) is 0 Å². The van der Waals surface area contributed by atoms with E-state index >= 15 is 0 Å². The van der Waals surface area contributed by atoms with E-state index in [0.717, 1.165) is 25.9 Å². The van der Waals surface area contributed by atoms with Crippen LogP contribution in [0.3, 0.4) is 0 Å². The average molecular weight is 284 g/mol. The fourth-order valence-corrected chi connectivity index (χ4v) is 2.53. The lowest BCUT2D eigenvalue weighted by molar-refractivity contribution is 0.0194. The van der Waals surface area contributed by atoms with E-state index in [1.54, 1.807) is 4.90 Å². The molecule has 1 heterocycles. The molecule has 2 N–H and O–H groups in total. The van der Waals surface area contributed by atoms with Gasteiger partial charge in [0.1, 0.15) is 5.60 Å². The summed E-state index contributed by atoms with van der Waals surface area (Å²) in [4.78, 5) is 13.7. The van der Waals surface area contributed by atoms with Gasteiger partial charge in [-0.2, -0.15) is 0 Å². The number of hydrogen-bond donors (Lipinski definition) is 2. The van der Waals surface area contributed by atoms with Crippen molar-refractivity contribution in [2.24, 2.45) is 5.92 Å². The summed E-state index contributed by atoms with van der Waals surface area (Å²) < 4.78 is 5.38. The Morgan fingerprint density at radius 3 is 2.40 bits per heavy atom. The summed E-state index contributed by atoms with van der Waals surface area (Å²) in [6, 6.07) is 0.405. The third-order valence-corrected chi connectivity index (χ3v) is 3.93. The molecule has 2 fully saturated rings. The summed E-state index contributed by atoms with van der Waals surface area (Å²) in [5, 5.41) is 13.3. The lowest BCUT2D eigenvalue weighted by Crippen LogP contribution is -2.47. The Morgan fingerprint density at radius 2 is 1.90 bits per heavy atom. The van der Waals surface area contributed by atoms with Gasteiger partial charge < -0.3 is 20.1 Å². The van der Waals surface area contributed by atoms with Gasteiger partial charge in [0, 0.05) is 25.7 Å². The minimum atomic E-state index is -0.430. The molecule has 0 aromatic rings. The second-order valence-electron chi connectivity index (χ2n) is 7.05. The van der Waals surface area contributed by atoms with E-state index in [-0.39, 0.29) is 12.2 Å². The van der Waals surface area contributed by atoms with Gasteiger partial charge in [-0.15, -0.1) is 0 Å². The fourth-order valence-electron chi connectivity index (χ4n) is 2.53. The van der Waals surface area contributed by atoms with E-state index in [1.165, 1.54) is 12.8 Å². The maximum Gasteiger partial charge on any atom is 0.410 e. The summed E-state index contributed by atoms with van der Waals surface area (Å²) in [5.41, 5.74) is -0.430. The van der Waals surface area contributed by atoms with E-state index < -0.39 is 5.60 Å². The Hall–Kier alpha value is -0.810. The molecule has 5 heteroatoms. The van der Waals surface area contributed by atoms with Crippen LogP contribution in [0.5, 0.6) is 0 Å². The first-order valence-corrected chi connectivity index (χ1v) is 7.74. The number of carbonyl (C=O) groups is 1. The van der Waals surface area contributed by atoms with Crippen LogP contribution >= 0.6 is 0 Å². The molecule has 20 heavy (non-hydrogen) atoms. The molecule has 1 saturated carbocycles. The second kappa shape index (κ2) is 6.31. The van der Waals surface area contributed by atoms with Crippen LogP contribution in [0.4, 0.5) is 4.79 Å². The van der Waals surface area contributed by atoms with Crippen molar-refractivity contribution >= 4 is 6.09 Å². The van der Waals surface area contributed by atoms with E-state index in [0.29, 0.717) is 18.5 Å². The molecule has 1 atom stereocenters. The molecular formula is C15H28N2O3. The highest BCUT2D eigenvalue weighted by Crippen LogP contribution is 2.32. The Kier molecular flexibility index (Phi) is 4.91. The highest BCUT2D eigenvalue weighted by atomic mass is 16.6. The highest BCUT2D eigenvalue weighted by molar-refractivity contribution is 5.68. The SMILES string of the molecule is CC(C)(C)OC(=O)N1CCC(NCC(O)C2CC2)CC1. The molecule has 0 bridgehead atoms. The van der Waals surface area contributed by atoms with E-state index in [9.17, 15) is 9.90 Å². The summed E-state index contributed by atoms with van der Waals surface area (Å²) >= 11 is 0. The molecule has 1 amide bonds. The van der Waals surface area contributed by atoms with Crippen molar-refractivity contribution in [2.45, 2.75) is 64.2 Å². The predicted octanol–water partition coefficient (Wildman–Crippen LogP) is 1.75. The Bertz CT molecular complexity index is 329. The highest BCUT2D eigenvalue weighted by Gasteiger charge is 2.31. The smallest absolute Gasteiger partial charge is 0.410 e. The second-order valence-corrected chi connectivity index (χ2v) is 7.05. The third-order valence-electron chi connectivity index (χ3n) is 3.93. The molecule has 0 aromatic carbocycles. The van der Waals surface area contributed by atoms with Gasteiger partial charge in [0.05, 0.1) is 6.10 Å². The Labute approximate surface area is 121 Å². The minimum absolute atomic E-state index is 0.195. The molecule has 1 saturated heterocycles. The molecule has 1 aliphatic carbocycles. The largest absolute Gasteiger partial charge is 0.444 e. The molecule has 1 aliphatic heterocycles. The zero-order chi connectivity index (χ0) is 14.8. The molecule has 1 unspecified atom stereocenters. The van der Waals surface area contributed by atoms with Crippen LogP contribution in [0.1, 0.15) is 46.5 Å². The first kappa shape index (κ1) is 15.6. The minimum Gasteiger partial charge on any atom is -0.444 e. The standard InChI is InChI=1S/C15H28N2O3/c1-15(2,3)20-14(19)17-8-6-12(7-9-17)16-10-13(18)11-4-5-11/h11-13,16,18H,4-10H2,1-3H3. The number of carbonyl (C=O) groups excluding carboxylic acids is 1. The maximum absolute atomic E-state index is 11.9. The number of aliphatic hydroxyl groups excluding tert-OH is 1. The number of hydrogen-bond acceptors (Lipinski definition) is 4. The number of ether oxygens (including phenoxy) is 1. The zero-order valence-electron chi connectivity index (χ0n) is 12.9. The van der Waals surface area contributed by atoms with Gasteiger partial charge in [-0.25, -0.2) is 4.79 Å². The lowest BCUT2D eigenvalue weighted by Gasteiger charge is -2.34. The van der Waals surface area contributed by atoms with E-state index in [4.69, 9.17) is 4.74 Å². The first-order chi connectivity index (χ1) is 9.35. The fraction of sp³-hybridized carbons (Fsp3) is 0.933. The van der Waals surface area contributed by atoms with E-state index in [2.05, 4.69) is 5.32 Å². The summed E-state index contributed by atoms with van der Waals surface area (Å²) in [6.07, 6.45) is 3.78. The van der Waals surface area contributed by atoms with Gasteiger partial charge in [0.2, 0.25) is 0 Å². The van der Waals surface area contributed by atoms with Crippen molar-refractivity contribution < 1.29 is 14.6 Å². The molecule has 5 nitrogen and oxygen atoms in total. The number of amides is 1. The Balaban J connectivity index is 1.65. The van der Waals surface area contributed by atoms with Crippen LogP contribution in [-0.2, 0) is 4.74 Å². The van der Waals surface area contributed by atoms with Crippen LogP contribution < -0.4 is 5.32 Å². The van der Waals surface area contributed by atoms with Crippen molar-refractivity contribution in [1.29, 1.82) is 0 Å². The Morgan fingerprint density at radius 1 is 1.30 bits per heavy atom. The van der Waals surface area contributed by atoms with Gasteiger partial charge in [0.25, 0.3) is 0 Å². The van der Waals surface area contributed by atoms with Crippen LogP contribution in [0.25, 0.3) is 0 Å². The number of nitrogens with zero attached hydrogens (tertiary/aromatic N) is 1.